The monoisotopic (exact) mass is 650 g/mol. The molecule has 3 N–H and O–H groups in total. The number of pyridine rings is 1. The van der Waals surface area contributed by atoms with Crippen molar-refractivity contribution in [2.45, 2.75) is 45.9 Å². The number of nitriles is 1. The number of hydrogen-bond acceptors (Lipinski definition) is 8. The van der Waals surface area contributed by atoms with Crippen LogP contribution in [0.2, 0.25) is 0 Å². The van der Waals surface area contributed by atoms with Crippen LogP contribution in [-0.4, -0.2) is 65.6 Å². The number of nitrogens with one attached hydrogen (secondary N) is 1. The summed E-state index contributed by atoms with van der Waals surface area (Å²) in [5.74, 6) is 0.930. The second kappa shape index (κ2) is 17.0. The van der Waals surface area contributed by atoms with Crippen molar-refractivity contribution < 1.29 is 24.1 Å². The van der Waals surface area contributed by atoms with Gasteiger partial charge in [0, 0.05) is 61.8 Å². The van der Waals surface area contributed by atoms with Crippen molar-refractivity contribution in [1.82, 2.24) is 15.2 Å². The van der Waals surface area contributed by atoms with Gasteiger partial charge in [-0.3, -0.25) is 4.98 Å². The van der Waals surface area contributed by atoms with E-state index in [1.807, 2.05) is 43.3 Å². The predicted octanol–water partition coefficient (Wildman–Crippen LogP) is 6.20. The second-order valence-corrected chi connectivity index (χ2v) is 12.1. The highest BCUT2D eigenvalue weighted by atomic mass is 19.1. The first-order valence-electron chi connectivity index (χ1n) is 16.4. The quantitative estimate of drug-likeness (QED) is 0.103. The molecule has 48 heavy (non-hydrogen) atoms. The van der Waals surface area contributed by atoms with Crippen molar-refractivity contribution in [2.75, 3.05) is 39.4 Å². The molecule has 8 nitrogen and oxygen atoms in total. The number of aliphatic hydroxyl groups is 2. The molecule has 9 heteroatoms. The van der Waals surface area contributed by atoms with Gasteiger partial charge in [-0.1, -0.05) is 42.5 Å². The fourth-order valence-corrected chi connectivity index (χ4v) is 5.94. The van der Waals surface area contributed by atoms with Crippen molar-refractivity contribution in [3.8, 4) is 28.7 Å². The van der Waals surface area contributed by atoms with Crippen LogP contribution >= 0.6 is 0 Å². The van der Waals surface area contributed by atoms with Crippen molar-refractivity contribution in [2.24, 2.45) is 0 Å². The summed E-state index contributed by atoms with van der Waals surface area (Å²) in [6.45, 7) is 8.22. The summed E-state index contributed by atoms with van der Waals surface area (Å²) in [5, 5.41) is 31.3. The molecule has 1 saturated heterocycles. The fraction of sp³-hybridized carbons (Fsp3) is 0.333. The van der Waals surface area contributed by atoms with Crippen molar-refractivity contribution in [3.05, 3.63) is 112 Å². The molecule has 3 aromatic carbocycles. The molecule has 2 heterocycles. The van der Waals surface area contributed by atoms with Gasteiger partial charge in [-0.25, -0.2) is 4.39 Å². The van der Waals surface area contributed by atoms with E-state index in [0.717, 1.165) is 77.2 Å². The second-order valence-electron chi connectivity index (χ2n) is 12.1. The number of benzene rings is 3. The first-order valence-corrected chi connectivity index (χ1v) is 16.4. The molecule has 5 rings (SSSR count). The van der Waals surface area contributed by atoms with Crippen LogP contribution in [0.4, 0.5) is 4.39 Å². The van der Waals surface area contributed by atoms with Crippen LogP contribution in [0.5, 0.6) is 11.5 Å². The number of likely N-dealkylation sites (tertiary alicyclic amines) is 1. The van der Waals surface area contributed by atoms with E-state index in [2.05, 4.69) is 34.3 Å². The van der Waals surface area contributed by atoms with Crippen LogP contribution in [0, 0.1) is 25.2 Å². The Labute approximate surface area is 282 Å². The SMILES string of the molecule is Cc1c(/C=C(\F)c2ccc(CNCCO)c(OCc3cncc(C#N)c3)c2)cccc1-c1cccc(OCCCN2CC[C@@H](O)C2)c1C. The summed E-state index contributed by atoms with van der Waals surface area (Å²) in [5.41, 5.74) is 7.14. The van der Waals surface area contributed by atoms with Crippen LogP contribution in [0.3, 0.4) is 0 Å². The molecule has 0 bridgehead atoms. The summed E-state index contributed by atoms with van der Waals surface area (Å²) in [4.78, 5) is 6.37. The van der Waals surface area contributed by atoms with Gasteiger partial charge >= 0.3 is 0 Å². The molecular weight excluding hydrogens is 607 g/mol. The van der Waals surface area contributed by atoms with E-state index in [-0.39, 0.29) is 19.3 Å². The average Bonchev–Trinajstić information content (AvgIpc) is 3.52. The van der Waals surface area contributed by atoms with Crippen LogP contribution in [0.25, 0.3) is 23.0 Å². The minimum atomic E-state index is -0.401. The normalized spacial score (nSPS) is 15.0. The first-order chi connectivity index (χ1) is 23.4. The van der Waals surface area contributed by atoms with Crippen LogP contribution < -0.4 is 14.8 Å². The molecule has 4 aromatic rings. The molecule has 0 amide bonds. The third-order valence-corrected chi connectivity index (χ3v) is 8.62. The van der Waals surface area contributed by atoms with Crippen LogP contribution in [0.15, 0.2) is 73.1 Å². The molecule has 250 valence electrons. The summed E-state index contributed by atoms with van der Waals surface area (Å²) < 4.78 is 28.2. The number of nitrogens with zero attached hydrogens (tertiary/aromatic N) is 3. The van der Waals surface area contributed by atoms with E-state index in [0.29, 0.717) is 36.6 Å². The van der Waals surface area contributed by atoms with Crippen molar-refractivity contribution >= 4 is 11.9 Å². The molecule has 0 radical (unpaired) electrons. The zero-order valence-electron chi connectivity index (χ0n) is 27.6. The topological polar surface area (TPSA) is 111 Å². The lowest BCUT2D eigenvalue weighted by Crippen LogP contribution is -2.24. The Bertz CT molecular complexity index is 1770. The van der Waals surface area contributed by atoms with Gasteiger partial charge in [0.15, 0.2) is 0 Å². The Balaban J connectivity index is 1.33. The van der Waals surface area contributed by atoms with E-state index in [9.17, 15) is 15.5 Å². The van der Waals surface area contributed by atoms with E-state index in [1.165, 1.54) is 6.20 Å². The van der Waals surface area contributed by atoms with Crippen LogP contribution in [-0.2, 0) is 13.2 Å². The number of halogens is 1. The largest absolute Gasteiger partial charge is 0.493 e. The van der Waals surface area contributed by atoms with Gasteiger partial charge in [-0.15, -0.1) is 0 Å². The first kappa shape index (κ1) is 34.7. The number of β-amino-alcohol motifs (C(OH)–C–C–N with tert-alkyl or cyclic N) is 1. The smallest absolute Gasteiger partial charge is 0.131 e. The lowest BCUT2D eigenvalue weighted by Gasteiger charge is -2.17. The molecule has 0 saturated carbocycles. The molecule has 0 spiro atoms. The van der Waals surface area contributed by atoms with Crippen molar-refractivity contribution in [1.29, 1.82) is 5.26 Å². The summed E-state index contributed by atoms with van der Waals surface area (Å²) in [6, 6.07) is 20.9. The van der Waals surface area contributed by atoms with E-state index < -0.39 is 5.83 Å². The van der Waals surface area contributed by atoms with Crippen LogP contribution in [0.1, 0.15) is 51.8 Å². The van der Waals surface area contributed by atoms with Gasteiger partial charge in [0.2, 0.25) is 0 Å². The summed E-state index contributed by atoms with van der Waals surface area (Å²) in [7, 11) is 0. The Morgan fingerprint density at radius 1 is 1.06 bits per heavy atom. The molecule has 1 aliphatic rings. The Kier molecular flexibility index (Phi) is 12.3. The average molecular weight is 651 g/mol. The zero-order chi connectivity index (χ0) is 33.9. The maximum atomic E-state index is 15.9. The Morgan fingerprint density at radius 3 is 2.65 bits per heavy atom. The third kappa shape index (κ3) is 9.06. The molecule has 1 atom stereocenters. The standard InChI is InChI=1S/C39H43FN4O4/c1-27-31(6-3-7-35(27)36-8-4-9-38(28(36)2)47-17-5-14-44-15-12-34(46)25-44)19-37(40)32-10-11-33(24-42-13-16-45)39(20-32)48-26-30-18-29(21-41)22-43-23-30/h3-4,6-11,18-20,22-23,34,42,45-46H,5,12-17,24-26H2,1-2H3/b37-19-/t34-/m1/s1. The fourth-order valence-electron chi connectivity index (χ4n) is 5.94. The van der Waals surface area contributed by atoms with Gasteiger partial charge in [-0.2, -0.15) is 5.26 Å². The highest BCUT2D eigenvalue weighted by molar-refractivity contribution is 5.82. The Morgan fingerprint density at radius 2 is 1.88 bits per heavy atom. The molecule has 0 unspecified atom stereocenters. The maximum Gasteiger partial charge on any atom is 0.131 e. The number of ether oxygens (including phenoxy) is 2. The molecule has 1 fully saturated rings. The molecule has 1 aromatic heterocycles. The highest BCUT2D eigenvalue weighted by Gasteiger charge is 2.19. The third-order valence-electron chi connectivity index (χ3n) is 8.62. The lowest BCUT2D eigenvalue weighted by atomic mass is 9.92. The van der Waals surface area contributed by atoms with Gasteiger partial charge in [0.1, 0.15) is 30.0 Å². The highest BCUT2D eigenvalue weighted by Crippen LogP contribution is 2.35. The van der Waals surface area contributed by atoms with Gasteiger partial charge in [0.25, 0.3) is 0 Å². The summed E-state index contributed by atoms with van der Waals surface area (Å²) >= 11 is 0. The minimum Gasteiger partial charge on any atom is -0.493 e. The van der Waals surface area contributed by atoms with E-state index in [4.69, 9.17) is 9.47 Å². The molecule has 0 aliphatic carbocycles. The van der Waals surface area contributed by atoms with E-state index >= 15 is 4.39 Å². The van der Waals surface area contributed by atoms with Crippen molar-refractivity contribution in [3.63, 3.8) is 0 Å². The Hall–Kier alpha value is -4.59. The zero-order valence-corrected chi connectivity index (χ0v) is 27.6. The van der Waals surface area contributed by atoms with Gasteiger partial charge in [-0.05, 0) is 78.8 Å². The number of rotatable bonds is 15. The number of aliphatic hydroxyl groups excluding tert-OH is 2. The molecule has 1 aliphatic heterocycles. The van der Waals surface area contributed by atoms with Gasteiger partial charge < -0.3 is 29.9 Å². The molecular formula is C39H43FN4O4. The predicted molar refractivity (Wildman–Crippen MR) is 186 cm³/mol. The maximum absolute atomic E-state index is 15.9. The van der Waals surface area contributed by atoms with E-state index in [1.54, 1.807) is 30.5 Å². The number of hydrogen-bond donors (Lipinski definition) is 3. The van der Waals surface area contributed by atoms with Gasteiger partial charge in [0.05, 0.1) is 24.9 Å². The summed E-state index contributed by atoms with van der Waals surface area (Å²) in [6.07, 6.45) is 6.18. The lowest BCUT2D eigenvalue weighted by molar-refractivity contribution is 0.173. The number of aromatic nitrogens is 1. The minimum absolute atomic E-state index is 0.00117.